The minimum atomic E-state index is -1.03. The zero-order valence-electron chi connectivity index (χ0n) is 9.52. The van der Waals surface area contributed by atoms with Gasteiger partial charge in [-0.25, -0.2) is 4.79 Å². The first kappa shape index (κ1) is 11.6. The van der Waals surface area contributed by atoms with E-state index in [-0.39, 0.29) is 10.6 Å². The third-order valence-corrected chi connectivity index (χ3v) is 3.55. The molecule has 3 N–H and O–H groups in total. The molecule has 4 nitrogen and oxygen atoms in total. The van der Waals surface area contributed by atoms with Crippen LogP contribution in [0.25, 0.3) is 11.3 Å². The number of carboxylic acids is 1. The van der Waals surface area contributed by atoms with Crippen molar-refractivity contribution < 1.29 is 9.90 Å². The maximum atomic E-state index is 10.9. The molecular weight excluding hydrogens is 236 g/mol. The summed E-state index contributed by atoms with van der Waals surface area (Å²) in [4.78, 5) is 11.0. The number of carbonyl (C=O) groups is 1. The first-order chi connectivity index (χ1) is 8.00. The number of nitrogen functional groups attached to an aromatic ring is 1. The van der Waals surface area contributed by atoms with Gasteiger partial charge in [0.15, 0.2) is 4.88 Å². The fourth-order valence-corrected chi connectivity index (χ4v) is 2.21. The van der Waals surface area contributed by atoms with E-state index in [2.05, 4.69) is 4.37 Å². The number of aryl methyl sites for hydroxylation is 2. The van der Waals surface area contributed by atoms with E-state index < -0.39 is 5.97 Å². The molecule has 0 saturated carbocycles. The summed E-state index contributed by atoms with van der Waals surface area (Å²) >= 11 is 0.915. The molecule has 0 atom stereocenters. The van der Waals surface area contributed by atoms with Gasteiger partial charge in [-0.3, -0.25) is 0 Å². The van der Waals surface area contributed by atoms with Crippen molar-refractivity contribution in [3.05, 3.63) is 34.2 Å². The lowest BCUT2D eigenvalue weighted by Gasteiger charge is -2.03. The lowest BCUT2D eigenvalue weighted by molar-refractivity contribution is 0.0703. The van der Waals surface area contributed by atoms with Crippen molar-refractivity contribution in [3.63, 3.8) is 0 Å². The Morgan fingerprint density at radius 2 is 2.06 bits per heavy atom. The number of anilines is 1. The van der Waals surface area contributed by atoms with E-state index >= 15 is 0 Å². The standard InChI is InChI=1S/C12H12N2O2S/c1-6-3-4-8(5-7(6)2)10-9(13)11(12(15)16)17-14-10/h3-5H,13H2,1-2H3,(H,15,16). The second-order valence-corrected chi connectivity index (χ2v) is 4.65. The summed E-state index contributed by atoms with van der Waals surface area (Å²) in [5.74, 6) is -1.03. The number of nitrogens with two attached hydrogens (primary N) is 1. The van der Waals surface area contributed by atoms with Crippen molar-refractivity contribution in [2.45, 2.75) is 13.8 Å². The smallest absolute Gasteiger partial charge is 0.349 e. The molecule has 1 heterocycles. The van der Waals surface area contributed by atoms with Crippen LogP contribution in [0.2, 0.25) is 0 Å². The highest BCUT2D eigenvalue weighted by molar-refractivity contribution is 7.09. The molecule has 0 unspecified atom stereocenters. The van der Waals surface area contributed by atoms with Crippen molar-refractivity contribution in [2.24, 2.45) is 0 Å². The molecule has 2 rings (SSSR count). The van der Waals surface area contributed by atoms with Gasteiger partial charge in [0.1, 0.15) is 5.69 Å². The molecule has 0 aliphatic heterocycles. The highest BCUT2D eigenvalue weighted by atomic mass is 32.1. The largest absolute Gasteiger partial charge is 0.477 e. The average molecular weight is 248 g/mol. The molecule has 0 aliphatic rings. The predicted molar refractivity (Wildman–Crippen MR) is 68.4 cm³/mol. The Morgan fingerprint density at radius 3 is 2.59 bits per heavy atom. The molecule has 0 aliphatic carbocycles. The first-order valence-corrected chi connectivity index (χ1v) is 5.84. The number of benzene rings is 1. The second kappa shape index (κ2) is 4.18. The highest BCUT2D eigenvalue weighted by Crippen LogP contribution is 2.31. The second-order valence-electron chi connectivity index (χ2n) is 3.88. The van der Waals surface area contributed by atoms with Gasteiger partial charge < -0.3 is 10.8 Å². The van der Waals surface area contributed by atoms with Gasteiger partial charge in [0.05, 0.1) is 5.69 Å². The number of carboxylic acid groups (broad SMARTS) is 1. The van der Waals surface area contributed by atoms with Crippen LogP contribution in [0.15, 0.2) is 18.2 Å². The maximum Gasteiger partial charge on any atom is 0.349 e. The third-order valence-electron chi connectivity index (χ3n) is 2.70. The van der Waals surface area contributed by atoms with E-state index in [4.69, 9.17) is 10.8 Å². The van der Waals surface area contributed by atoms with E-state index in [1.165, 1.54) is 5.56 Å². The molecular formula is C12H12N2O2S. The van der Waals surface area contributed by atoms with Gasteiger partial charge >= 0.3 is 5.97 Å². The average Bonchev–Trinajstić information content (AvgIpc) is 2.64. The van der Waals surface area contributed by atoms with Crippen LogP contribution in [0.3, 0.4) is 0 Å². The quantitative estimate of drug-likeness (QED) is 0.856. The molecule has 1 aromatic heterocycles. The van der Waals surface area contributed by atoms with Gasteiger partial charge in [0, 0.05) is 5.56 Å². The van der Waals surface area contributed by atoms with E-state index in [0.29, 0.717) is 5.69 Å². The molecule has 0 saturated heterocycles. The van der Waals surface area contributed by atoms with Crippen LogP contribution < -0.4 is 5.73 Å². The molecule has 0 spiro atoms. The summed E-state index contributed by atoms with van der Waals surface area (Å²) in [5.41, 5.74) is 9.75. The normalized spacial score (nSPS) is 10.5. The number of aromatic carboxylic acids is 1. The van der Waals surface area contributed by atoms with Crippen molar-refractivity contribution in [3.8, 4) is 11.3 Å². The van der Waals surface area contributed by atoms with Gasteiger partial charge in [-0.2, -0.15) is 4.37 Å². The van der Waals surface area contributed by atoms with Crippen molar-refractivity contribution in [1.29, 1.82) is 0 Å². The Hall–Kier alpha value is -1.88. The topological polar surface area (TPSA) is 76.2 Å². The van der Waals surface area contributed by atoms with Crippen LogP contribution in [-0.4, -0.2) is 15.4 Å². The molecule has 2 aromatic rings. The van der Waals surface area contributed by atoms with Gasteiger partial charge in [-0.15, -0.1) is 0 Å². The third kappa shape index (κ3) is 2.01. The summed E-state index contributed by atoms with van der Waals surface area (Å²) in [7, 11) is 0. The van der Waals surface area contributed by atoms with Gasteiger partial charge in [0.2, 0.25) is 0 Å². The van der Waals surface area contributed by atoms with Gasteiger partial charge in [-0.1, -0.05) is 12.1 Å². The maximum absolute atomic E-state index is 10.9. The Morgan fingerprint density at radius 1 is 1.35 bits per heavy atom. The Balaban J connectivity index is 2.53. The highest BCUT2D eigenvalue weighted by Gasteiger charge is 2.17. The Labute approximate surface area is 103 Å². The fraction of sp³-hybridized carbons (Fsp3) is 0.167. The van der Waals surface area contributed by atoms with Crippen LogP contribution in [0.5, 0.6) is 0 Å². The van der Waals surface area contributed by atoms with Gasteiger partial charge in [-0.05, 0) is 42.6 Å². The van der Waals surface area contributed by atoms with E-state index in [1.807, 2.05) is 32.0 Å². The van der Waals surface area contributed by atoms with E-state index in [1.54, 1.807) is 0 Å². The molecule has 5 heteroatoms. The predicted octanol–water partition coefficient (Wildman–Crippen LogP) is 2.71. The van der Waals surface area contributed by atoms with Crippen LogP contribution in [0.1, 0.15) is 20.8 Å². The minimum Gasteiger partial charge on any atom is -0.477 e. The van der Waals surface area contributed by atoms with E-state index in [9.17, 15) is 4.79 Å². The van der Waals surface area contributed by atoms with E-state index in [0.717, 1.165) is 22.7 Å². The molecule has 1 aromatic carbocycles. The van der Waals surface area contributed by atoms with Crippen LogP contribution in [0.4, 0.5) is 5.69 Å². The minimum absolute atomic E-state index is 0.0956. The van der Waals surface area contributed by atoms with Crippen LogP contribution in [-0.2, 0) is 0 Å². The lowest BCUT2D eigenvalue weighted by atomic mass is 10.0. The van der Waals surface area contributed by atoms with Crippen LogP contribution >= 0.6 is 11.5 Å². The number of hydrogen-bond acceptors (Lipinski definition) is 4. The number of hydrogen-bond donors (Lipinski definition) is 2. The first-order valence-electron chi connectivity index (χ1n) is 5.06. The van der Waals surface area contributed by atoms with Crippen molar-refractivity contribution >= 4 is 23.2 Å². The molecule has 0 radical (unpaired) electrons. The van der Waals surface area contributed by atoms with Crippen molar-refractivity contribution in [1.82, 2.24) is 4.37 Å². The summed E-state index contributed by atoms with van der Waals surface area (Å²) in [6.45, 7) is 4.02. The number of nitrogens with zero attached hydrogens (tertiary/aromatic N) is 1. The SMILES string of the molecule is Cc1ccc(-c2nsc(C(=O)O)c2N)cc1C. The zero-order valence-corrected chi connectivity index (χ0v) is 10.3. The monoisotopic (exact) mass is 248 g/mol. The summed E-state index contributed by atoms with van der Waals surface area (Å²) in [6.07, 6.45) is 0. The summed E-state index contributed by atoms with van der Waals surface area (Å²) < 4.78 is 4.11. The molecule has 0 amide bonds. The Kier molecular flexibility index (Phi) is 2.85. The zero-order chi connectivity index (χ0) is 12.6. The molecule has 0 bridgehead atoms. The molecule has 17 heavy (non-hydrogen) atoms. The number of rotatable bonds is 2. The summed E-state index contributed by atoms with van der Waals surface area (Å²) in [5, 5.41) is 8.92. The van der Waals surface area contributed by atoms with Crippen molar-refractivity contribution in [2.75, 3.05) is 5.73 Å². The van der Waals surface area contributed by atoms with Crippen LogP contribution in [0, 0.1) is 13.8 Å². The summed E-state index contributed by atoms with van der Waals surface area (Å²) in [6, 6.07) is 5.84. The fourth-order valence-electron chi connectivity index (χ4n) is 1.55. The molecule has 88 valence electrons. The lowest BCUT2D eigenvalue weighted by Crippen LogP contribution is -1.98. The molecule has 0 fully saturated rings. The number of aromatic nitrogens is 1. The Bertz CT molecular complexity index is 590. The van der Waals surface area contributed by atoms with Gasteiger partial charge in [0.25, 0.3) is 0 Å².